The summed E-state index contributed by atoms with van der Waals surface area (Å²) in [6.07, 6.45) is 2.51. The Labute approximate surface area is 157 Å². The topological polar surface area (TPSA) is 77.0 Å². The summed E-state index contributed by atoms with van der Waals surface area (Å²) in [5.74, 6) is 2.53. The van der Waals surface area contributed by atoms with Gasteiger partial charge in [0.05, 0.1) is 19.8 Å². The van der Waals surface area contributed by atoms with Crippen molar-refractivity contribution in [1.29, 1.82) is 0 Å². The highest BCUT2D eigenvalue weighted by molar-refractivity contribution is 6.31. The van der Waals surface area contributed by atoms with Crippen LogP contribution in [0.4, 0.5) is 5.69 Å². The van der Waals surface area contributed by atoms with Crippen molar-refractivity contribution in [2.45, 2.75) is 6.42 Å². The molecule has 7 nitrogen and oxygen atoms in total. The first-order chi connectivity index (χ1) is 12.8. The normalized spacial score (nSPS) is 13.7. The summed E-state index contributed by atoms with van der Waals surface area (Å²) in [5, 5.41) is 6.87. The zero-order valence-corrected chi connectivity index (χ0v) is 15.3. The Morgan fingerprint density at radius 1 is 1.27 bits per heavy atom. The zero-order valence-electron chi connectivity index (χ0n) is 14.5. The number of hydrogen-bond acceptors (Lipinski definition) is 5. The van der Waals surface area contributed by atoms with Crippen LogP contribution in [0.2, 0.25) is 5.02 Å². The van der Waals surface area contributed by atoms with E-state index in [1.807, 2.05) is 18.2 Å². The van der Waals surface area contributed by atoms with Crippen LogP contribution in [0.25, 0.3) is 0 Å². The molecule has 0 aliphatic carbocycles. The van der Waals surface area contributed by atoms with Crippen molar-refractivity contribution in [3.05, 3.63) is 41.6 Å². The maximum Gasteiger partial charge on any atom is 0.232 e. The van der Waals surface area contributed by atoms with Gasteiger partial charge in [-0.05, 0) is 24.3 Å². The highest BCUT2D eigenvalue weighted by Gasteiger charge is 2.11. The quantitative estimate of drug-likeness (QED) is 0.474. The molecule has 1 aromatic carbocycles. The molecule has 8 heteroatoms. The molecule has 0 radical (unpaired) electrons. The lowest BCUT2D eigenvalue weighted by atomic mass is 10.3. The monoisotopic (exact) mass is 376 g/mol. The highest BCUT2D eigenvalue weighted by Crippen LogP contribution is 2.32. The molecule has 0 unspecified atom stereocenters. The molecule has 0 amide bonds. The number of pyridine rings is 1. The summed E-state index contributed by atoms with van der Waals surface area (Å²) < 4.78 is 16.9. The second-order valence-electron chi connectivity index (χ2n) is 5.47. The molecule has 0 spiro atoms. The number of hydrogen-bond donors (Lipinski definition) is 2. The molecule has 0 atom stereocenters. The van der Waals surface area contributed by atoms with Crippen LogP contribution in [-0.2, 0) is 0 Å². The van der Waals surface area contributed by atoms with Crippen LogP contribution >= 0.6 is 11.6 Å². The van der Waals surface area contributed by atoms with Crippen LogP contribution in [0.3, 0.4) is 0 Å². The Morgan fingerprint density at radius 2 is 2.12 bits per heavy atom. The van der Waals surface area contributed by atoms with Crippen LogP contribution in [0, 0.1) is 0 Å². The number of anilines is 1. The Balaban J connectivity index is 1.50. The van der Waals surface area contributed by atoms with Crippen molar-refractivity contribution in [3.63, 3.8) is 0 Å². The van der Waals surface area contributed by atoms with E-state index in [0.29, 0.717) is 43.2 Å². The Kier molecular flexibility index (Phi) is 6.38. The fourth-order valence-electron chi connectivity index (χ4n) is 2.35. The molecule has 1 aromatic heterocycles. The highest BCUT2D eigenvalue weighted by atomic mass is 35.5. The van der Waals surface area contributed by atoms with Crippen molar-refractivity contribution in [2.75, 3.05) is 38.7 Å². The molecule has 2 aromatic rings. The Bertz CT molecular complexity index is 770. The number of rotatable bonds is 5. The molecular formula is C18H21ClN4O3. The fourth-order valence-corrected chi connectivity index (χ4v) is 2.53. The van der Waals surface area contributed by atoms with Crippen molar-refractivity contribution in [2.24, 2.45) is 4.99 Å². The number of halogens is 1. The molecular weight excluding hydrogens is 356 g/mol. The summed E-state index contributed by atoms with van der Waals surface area (Å²) >= 11 is 6.00. The van der Waals surface area contributed by atoms with Crippen LogP contribution in [0.5, 0.6) is 17.4 Å². The average molecular weight is 377 g/mol. The van der Waals surface area contributed by atoms with Gasteiger partial charge in [-0.15, -0.1) is 0 Å². The van der Waals surface area contributed by atoms with Gasteiger partial charge in [0.1, 0.15) is 11.6 Å². The lowest BCUT2D eigenvalue weighted by Gasteiger charge is -2.14. The maximum atomic E-state index is 6.00. The molecule has 1 aliphatic heterocycles. The van der Waals surface area contributed by atoms with Crippen LogP contribution < -0.4 is 24.8 Å². The van der Waals surface area contributed by atoms with E-state index in [2.05, 4.69) is 20.6 Å². The van der Waals surface area contributed by atoms with Gasteiger partial charge in [0.2, 0.25) is 5.88 Å². The summed E-state index contributed by atoms with van der Waals surface area (Å²) in [6.45, 7) is 2.26. The second-order valence-corrected chi connectivity index (χ2v) is 5.88. The van der Waals surface area contributed by atoms with E-state index in [-0.39, 0.29) is 0 Å². The second kappa shape index (κ2) is 9.15. The number of ether oxygens (including phenoxy) is 3. The number of nitrogens with one attached hydrogen (secondary N) is 2. The van der Waals surface area contributed by atoms with E-state index >= 15 is 0 Å². The first-order valence-corrected chi connectivity index (χ1v) is 8.74. The van der Waals surface area contributed by atoms with Gasteiger partial charge in [-0.2, -0.15) is 0 Å². The molecule has 2 N–H and O–H groups in total. The molecule has 3 rings (SSSR count). The number of guanidine groups is 1. The van der Waals surface area contributed by atoms with Crippen molar-refractivity contribution in [3.8, 4) is 17.4 Å². The van der Waals surface area contributed by atoms with E-state index in [0.717, 1.165) is 23.6 Å². The van der Waals surface area contributed by atoms with Gasteiger partial charge in [-0.1, -0.05) is 11.6 Å². The predicted molar refractivity (Wildman–Crippen MR) is 102 cm³/mol. The number of aromatic nitrogens is 1. The molecule has 26 heavy (non-hydrogen) atoms. The minimum atomic E-state index is 0.401. The lowest BCUT2D eigenvalue weighted by Crippen LogP contribution is -2.33. The van der Waals surface area contributed by atoms with Gasteiger partial charge in [0.15, 0.2) is 17.5 Å². The molecule has 138 valence electrons. The standard InChI is InChI=1S/C18H21ClN4O3/c1-20-18(22-8-11-26-17-14(19)4-2-7-21-17)23-13-5-6-15-16(12-13)25-10-3-9-24-15/h2,4-7,12H,3,8-11H2,1H3,(H2,20,22,23). The van der Waals surface area contributed by atoms with Crippen LogP contribution in [0.1, 0.15) is 6.42 Å². The summed E-state index contributed by atoms with van der Waals surface area (Å²) in [5.41, 5.74) is 0.857. The number of nitrogens with zero attached hydrogens (tertiary/aromatic N) is 2. The van der Waals surface area contributed by atoms with E-state index in [1.54, 1.807) is 25.4 Å². The first-order valence-electron chi connectivity index (χ1n) is 8.37. The SMILES string of the molecule is CN=C(NCCOc1ncccc1Cl)Nc1ccc2c(c1)OCCCO2. The summed E-state index contributed by atoms with van der Waals surface area (Å²) in [4.78, 5) is 8.28. The molecule has 0 bridgehead atoms. The number of fused-ring (bicyclic) bond motifs is 1. The predicted octanol–water partition coefficient (Wildman–Crippen LogP) is 2.96. The summed E-state index contributed by atoms with van der Waals surface area (Å²) in [6, 6.07) is 9.21. The van der Waals surface area contributed by atoms with E-state index in [4.69, 9.17) is 25.8 Å². The van der Waals surface area contributed by atoms with Gasteiger partial charge in [0.25, 0.3) is 0 Å². The smallest absolute Gasteiger partial charge is 0.232 e. The van der Waals surface area contributed by atoms with Gasteiger partial charge < -0.3 is 24.8 Å². The molecule has 0 saturated carbocycles. The Morgan fingerprint density at radius 3 is 2.92 bits per heavy atom. The minimum absolute atomic E-state index is 0.401. The van der Waals surface area contributed by atoms with Gasteiger partial charge >= 0.3 is 0 Å². The van der Waals surface area contributed by atoms with Crippen LogP contribution in [0.15, 0.2) is 41.5 Å². The van der Waals surface area contributed by atoms with Crippen molar-refractivity contribution < 1.29 is 14.2 Å². The van der Waals surface area contributed by atoms with E-state index in [1.165, 1.54) is 0 Å². The fraction of sp³-hybridized carbons (Fsp3) is 0.333. The van der Waals surface area contributed by atoms with Crippen molar-refractivity contribution >= 4 is 23.2 Å². The summed E-state index contributed by atoms with van der Waals surface area (Å²) in [7, 11) is 1.70. The molecule has 1 aliphatic rings. The first kappa shape index (κ1) is 18.1. The maximum absolute atomic E-state index is 6.00. The molecule has 0 saturated heterocycles. The average Bonchev–Trinajstić information content (AvgIpc) is 2.90. The number of benzene rings is 1. The molecule has 2 heterocycles. The third-order valence-corrected chi connectivity index (χ3v) is 3.88. The van der Waals surface area contributed by atoms with E-state index < -0.39 is 0 Å². The molecule has 0 fully saturated rings. The number of aliphatic imine (C=N–C) groups is 1. The largest absolute Gasteiger partial charge is 0.490 e. The minimum Gasteiger partial charge on any atom is -0.490 e. The van der Waals surface area contributed by atoms with E-state index in [9.17, 15) is 0 Å². The van der Waals surface area contributed by atoms with Gasteiger partial charge in [-0.25, -0.2) is 4.98 Å². The third-order valence-electron chi connectivity index (χ3n) is 3.59. The lowest BCUT2D eigenvalue weighted by molar-refractivity contribution is 0.297. The van der Waals surface area contributed by atoms with Crippen molar-refractivity contribution in [1.82, 2.24) is 10.3 Å². The van der Waals surface area contributed by atoms with Gasteiger partial charge in [-0.3, -0.25) is 4.99 Å². The zero-order chi connectivity index (χ0) is 18.2. The Hall–Kier alpha value is -2.67. The van der Waals surface area contributed by atoms with Crippen LogP contribution in [-0.4, -0.2) is 44.4 Å². The van der Waals surface area contributed by atoms with Gasteiger partial charge in [0, 0.05) is 31.4 Å². The third kappa shape index (κ3) is 4.92.